The highest BCUT2D eigenvalue weighted by Crippen LogP contribution is 2.51. The van der Waals surface area contributed by atoms with Crippen molar-refractivity contribution in [3.8, 4) is 0 Å². The molecule has 0 aromatic carbocycles. The Hall–Kier alpha value is -2.93. The lowest BCUT2D eigenvalue weighted by Crippen LogP contribution is -2.36. The smallest absolute Gasteiger partial charge is 0.382 e. The molecular weight excluding hydrogens is 602 g/mol. The molecule has 10 atom stereocenters. The lowest BCUT2D eigenvalue weighted by Gasteiger charge is -2.23. The number of nitrogens with one attached hydrogen (secondary N) is 1. The van der Waals surface area contributed by atoms with Crippen LogP contribution in [0.2, 0.25) is 0 Å². The highest BCUT2D eigenvalue weighted by molar-refractivity contribution is 7.47. The number of hydrogen-bond donors (Lipinski definition) is 3. The summed E-state index contributed by atoms with van der Waals surface area (Å²) in [7, 11) is -8.70. The van der Waals surface area contributed by atoms with Gasteiger partial charge < -0.3 is 24.6 Å². The van der Waals surface area contributed by atoms with Gasteiger partial charge in [0.2, 0.25) is 0 Å². The SMILES string of the molecule is Nc1ncnc2c1ncn2[C@@H]1O[C@@H]2COP(=O)(O)O[C@H]3[C@@H](F)[C@H](n4ccc(=O)[nH]c4=O)O[C@@H]3CO[PH](=O)O[C@@H]1[C@@H]2F. The first-order valence-electron chi connectivity index (χ1n) is 11.8. The normalized spacial score (nSPS) is 38.2. The number of phosphoric ester groups is 1. The van der Waals surface area contributed by atoms with Crippen molar-refractivity contribution in [1.29, 1.82) is 0 Å². The Bertz CT molecular complexity index is 1650. The van der Waals surface area contributed by atoms with E-state index in [9.17, 15) is 23.6 Å². The van der Waals surface area contributed by atoms with E-state index in [1.54, 1.807) is 0 Å². The van der Waals surface area contributed by atoms with Crippen molar-refractivity contribution in [1.82, 2.24) is 29.1 Å². The first-order valence-corrected chi connectivity index (χ1v) is 14.6. The number of anilines is 1. The summed E-state index contributed by atoms with van der Waals surface area (Å²) in [6, 6.07) is 0.930. The molecule has 222 valence electrons. The van der Waals surface area contributed by atoms with Crippen LogP contribution in [0, 0.1) is 0 Å². The highest BCUT2D eigenvalue weighted by atomic mass is 31.2. The fraction of sp³-hybridized carbons (Fsp3) is 0.526. The molecular formula is C19H21F2N7O11P2. The average Bonchev–Trinajstić information content (AvgIpc) is 3.57. The number of alkyl halides is 2. The van der Waals surface area contributed by atoms with Crippen molar-refractivity contribution < 1.29 is 50.4 Å². The second-order valence-corrected chi connectivity index (χ2v) is 11.5. The fourth-order valence-corrected chi connectivity index (χ4v) is 6.48. The van der Waals surface area contributed by atoms with E-state index in [0.29, 0.717) is 4.57 Å². The molecule has 0 aliphatic carbocycles. The molecule has 0 radical (unpaired) electrons. The van der Waals surface area contributed by atoms with Crippen LogP contribution < -0.4 is 17.0 Å². The number of aromatic amines is 1. The van der Waals surface area contributed by atoms with Crippen molar-refractivity contribution in [3.05, 3.63) is 45.8 Å². The molecule has 6 rings (SSSR count). The lowest BCUT2D eigenvalue weighted by molar-refractivity contribution is -0.0615. The van der Waals surface area contributed by atoms with Crippen LogP contribution in [0.5, 0.6) is 0 Å². The predicted octanol–water partition coefficient (Wildman–Crippen LogP) is -0.263. The van der Waals surface area contributed by atoms with Crippen molar-refractivity contribution in [2.45, 2.75) is 49.2 Å². The molecule has 2 unspecified atom stereocenters. The number of nitrogens with two attached hydrogens (primary N) is 1. The number of halogens is 2. The third-order valence-corrected chi connectivity index (χ3v) is 8.42. The van der Waals surface area contributed by atoms with Crippen LogP contribution in [-0.2, 0) is 36.7 Å². The lowest BCUT2D eigenvalue weighted by atomic mass is 10.1. The molecule has 3 aromatic heterocycles. The number of ether oxygens (including phenoxy) is 2. The minimum absolute atomic E-state index is 0.0260. The Balaban J connectivity index is 1.29. The number of aromatic nitrogens is 6. The van der Waals surface area contributed by atoms with E-state index in [1.165, 1.54) is 10.9 Å². The molecule has 0 amide bonds. The van der Waals surface area contributed by atoms with Gasteiger partial charge in [0.05, 0.1) is 19.5 Å². The largest absolute Gasteiger partial charge is 0.472 e. The zero-order valence-electron chi connectivity index (χ0n) is 20.4. The minimum atomic E-state index is -5.13. The number of nitrogen functional groups attached to an aromatic ring is 1. The first kappa shape index (κ1) is 28.2. The Morgan fingerprint density at radius 2 is 1.85 bits per heavy atom. The molecule has 18 nitrogen and oxygen atoms in total. The molecule has 6 heterocycles. The van der Waals surface area contributed by atoms with E-state index in [4.69, 9.17) is 33.3 Å². The number of hydrogen-bond acceptors (Lipinski definition) is 14. The Morgan fingerprint density at radius 1 is 1.07 bits per heavy atom. The molecule has 22 heteroatoms. The number of phosphoric acid groups is 1. The van der Waals surface area contributed by atoms with Gasteiger partial charge in [0, 0.05) is 12.3 Å². The van der Waals surface area contributed by atoms with Crippen LogP contribution in [0.3, 0.4) is 0 Å². The summed E-state index contributed by atoms with van der Waals surface area (Å²) in [6.07, 6.45) is -10.8. The third-order valence-electron chi connectivity index (χ3n) is 6.57. The van der Waals surface area contributed by atoms with Gasteiger partial charge in [0.25, 0.3) is 5.56 Å². The summed E-state index contributed by atoms with van der Waals surface area (Å²) in [4.78, 5) is 47.8. The summed E-state index contributed by atoms with van der Waals surface area (Å²) in [6.45, 7) is -1.62. The van der Waals surface area contributed by atoms with Crippen LogP contribution in [0.25, 0.3) is 11.2 Å². The second-order valence-electron chi connectivity index (χ2n) is 9.10. The van der Waals surface area contributed by atoms with Gasteiger partial charge in [-0.1, -0.05) is 0 Å². The van der Waals surface area contributed by atoms with Crippen molar-refractivity contribution in [3.63, 3.8) is 0 Å². The minimum Gasteiger partial charge on any atom is -0.382 e. The van der Waals surface area contributed by atoms with Gasteiger partial charge in [0.15, 0.2) is 36.3 Å². The van der Waals surface area contributed by atoms with Gasteiger partial charge in [0.1, 0.15) is 36.3 Å². The molecule has 3 aliphatic rings. The van der Waals surface area contributed by atoms with Crippen LogP contribution in [0.1, 0.15) is 12.5 Å². The first-order chi connectivity index (χ1) is 19.5. The number of H-pyrrole nitrogens is 1. The van der Waals surface area contributed by atoms with Crippen LogP contribution in [0.4, 0.5) is 14.6 Å². The zero-order chi connectivity index (χ0) is 29.1. The molecule has 0 saturated carbocycles. The Labute approximate surface area is 226 Å². The van der Waals surface area contributed by atoms with E-state index < -0.39 is 89.8 Å². The van der Waals surface area contributed by atoms with Crippen molar-refractivity contribution in [2.75, 3.05) is 18.9 Å². The molecule has 3 aromatic rings. The molecule has 4 N–H and O–H groups in total. The molecule has 41 heavy (non-hydrogen) atoms. The van der Waals surface area contributed by atoms with Gasteiger partial charge in [-0.3, -0.25) is 37.0 Å². The summed E-state index contributed by atoms with van der Waals surface area (Å²) in [5.41, 5.74) is 4.31. The fourth-order valence-electron chi connectivity index (χ4n) is 4.69. The standard InChI is InChI=1S/C19H21F2N7O11P2/c20-10-7-4-35-41(32,33)39-13-8(37-17(11(13)21)27-2-1-9(29)26-19(27)30)3-34-40(31)38-14(10)18(36-7)28-6-25-12-15(22)23-5-24-16(12)28/h1-2,5-8,10-11,13-14,17-18,40H,3-4H2,(H,32,33)(H2,22,23,24)(H,26,29,30)/t7-,8-,10-,11-,13-,14-,17-,18-/m1/s1. The Morgan fingerprint density at radius 3 is 2.63 bits per heavy atom. The van der Waals surface area contributed by atoms with E-state index in [1.807, 2.05) is 4.98 Å². The quantitative estimate of drug-likeness (QED) is 0.312. The average molecular weight is 623 g/mol. The number of fused-ring (bicyclic) bond motifs is 4. The third kappa shape index (κ3) is 5.26. The van der Waals surface area contributed by atoms with E-state index in [2.05, 4.69) is 15.0 Å². The summed E-state index contributed by atoms with van der Waals surface area (Å²) >= 11 is 0. The highest BCUT2D eigenvalue weighted by Gasteiger charge is 2.53. The summed E-state index contributed by atoms with van der Waals surface area (Å²) < 4.78 is 90.2. The maximum absolute atomic E-state index is 15.5. The van der Waals surface area contributed by atoms with E-state index in [-0.39, 0.29) is 17.0 Å². The topological polar surface area (TPSA) is 234 Å². The molecule has 3 fully saturated rings. The van der Waals surface area contributed by atoms with Gasteiger partial charge in [-0.25, -0.2) is 33.1 Å². The summed E-state index contributed by atoms with van der Waals surface area (Å²) in [5, 5.41) is 0. The summed E-state index contributed by atoms with van der Waals surface area (Å²) in [5.74, 6) is 0.0260. The van der Waals surface area contributed by atoms with Gasteiger partial charge in [-0.2, -0.15) is 0 Å². The maximum Gasteiger partial charge on any atom is 0.472 e. The molecule has 0 spiro atoms. The number of imidazole rings is 1. The molecule has 3 saturated heterocycles. The monoisotopic (exact) mass is 623 g/mol. The van der Waals surface area contributed by atoms with Gasteiger partial charge in [-0.05, 0) is 0 Å². The van der Waals surface area contributed by atoms with Gasteiger partial charge >= 0.3 is 21.8 Å². The molecule has 2 bridgehead atoms. The van der Waals surface area contributed by atoms with Crippen LogP contribution >= 0.6 is 16.1 Å². The number of nitrogens with zero attached hydrogens (tertiary/aromatic N) is 5. The van der Waals surface area contributed by atoms with E-state index >= 15 is 8.78 Å². The van der Waals surface area contributed by atoms with E-state index in [0.717, 1.165) is 18.6 Å². The maximum atomic E-state index is 15.5. The van der Waals surface area contributed by atoms with Gasteiger partial charge in [-0.15, -0.1) is 0 Å². The Kier molecular flexibility index (Phi) is 7.37. The zero-order valence-corrected chi connectivity index (χ0v) is 22.3. The van der Waals surface area contributed by atoms with Crippen LogP contribution in [-0.4, -0.2) is 83.9 Å². The van der Waals surface area contributed by atoms with Crippen LogP contribution in [0.15, 0.2) is 34.5 Å². The van der Waals surface area contributed by atoms with Crippen molar-refractivity contribution >= 4 is 33.1 Å². The number of rotatable bonds is 2. The van der Waals surface area contributed by atoms with Crippen molar-refractivity contribution in [2.24, 2.45) is 0 Å². The molecule has 3 aliphatic heterocycles. The second kappa shape index (κ2) is 10.7. The predicted molar refractivity (Wildman–Crippen MR) is 129 cm³/mol.